The van der Waals surface area contributed by atoms with Crippen LogP contribution in [-0.2, 0) is 23.9 Å². The van der Waals surface area contributed by atoms with E-state index in [1.807, 2.05) is 0 Å². The molecule has 10 heteroatoms. The average molecular weight is 480 g/mol. The van der Waals surface area contributed by atoms with Gasteiger partial charge in [0.25, 0.3) is 0 Å². The number of alkyl carbamates (subject to hydrolysis) is 1. The van der Waals surface area contributed by atoms with Gasteiger partial charge in [0.05, 0.1) is 7.11 Å². The zero-order valence-electron chi connectivity index (χ0n) is 21.4. The quantitative estimate of drug-likeness (QED) is 0.512. The Kier molecular flexibility index (Phi) is 9.48. The number of nitrogens with zero attached hydrogens (tertiary/aromatic N) is 1. The zero-order chi connectivity index (χ0) is 26.4. The molecule has 34 heavy (non-hydrogen) atoms. The number of ether oxygens (including phenoxy) is 2. The first-order chi connectivity index (χ1) is 15.5. The van der Waals surface area contributed by atoms with Crippen LogP contribution < -0.4 is 10.6 Å². The van der Waals surface area contributed by atoms with E-state index in [4.69, 9.17) is 4.74 Å². The van der Waals surface area contributed by atoms with E-state index < -0.39 is 53.6 Å². The molecule has 0 spiro atoms. The fourth-order valence-corrected chi connectivity index (χ4v) is 3.23. The van der Waals surface area contributed by atoms with Crippen molar-refractivity contribution in [3.8, 4) is 5.75 Å². The summed E-state index contributed by atoms with van der Waals surface area (Å²) in [4.78, 5) is 52.1. The van der Waals surface area contributed by atoms with Gasteiger partial charge in [0.1, 0.15) is 30.0 Å². The third kappa shape index (κ3) is 7.93. The van der Waals surface area contributed by atoms with Crippen LogP contribution in [0, 0.1) is 6.92 Å². The van der Waals surface area contributed by atoms with Crippen LogP contribution in [0.1, 0.15) is 65.6 Å². The predicted octanol–water partition coefficient (Wildman–Crippen LogP) is 2.57. The Bertz CT molecular complexity index is 916. The first kappa shape index (κ1) is 28.7. The Hall–Kier alpha value is -3.30. The fraction of sp³-hybridized carbons (Fsp3) is 0.583. The minimum Gasteiger partial charge on any atom is -0.507 e. The van der Waals surface area contributed by atoms with E-state index in [1.165, 1.54) is 25.0 Å². The first-order valence-electron chi connectivity index (χ1n) is 10.9. The van der Waals surface area contributed by atoms with E-state index in [2.05, 4.69) is 15.4 Å². The highest BCUT2D eigenvalue weighted by atomic mass is 16.6. The molecule has 0 bridgehead atoms. The molecule has 0 fully saturated rings. The summed E-state index contributed by atoms with van der Waals surface area (Å²) < 4.78 is 9.82. The summed E-state index contributed by atoms with van der Waals surface area (Å²) in [6, 6.07) is 2.48. The molecule has 0 aromatic heterocycles. The molecule has 0 heterocycles. The first-order valence-corrected chi connectivity index (χ1v) is 10.9. The van der Waals surface area contributed by atoms with Crippen molar-refractivity contribution >= 4 is 23.9 Å². The molecule has 2 atom stereocenters. The summed E-state index contributed by atoms with van der Waals surface area (Å²) in [5.74, 6) is -2.11. The van der Waals surface area contributed by atoms with E-state index in [-0.39, 0.29) is 11.3 Å². The van der Waals surface area contributed by atoms with Crippen molar-refractivity contribution in [1.29, 1.82) is 0 Å². The standard InChI is InChI=1S/C24H37N3O7/c1-14-11-10-12-16(19(14)29)18(20(30)25-13-17(28)33-9)27(23(3,4)5)21(31)15(2)26-22(32)34-24(6,7)8/h10-12,15,18,29H,13H2,1-9H3,(H,25,30)(H,26,32). The second-order valence-corrected chi connectivity index (χ2v) is 9.96. The molecule has 3 N–H and O–H groups in total. The number of para-hydroxylation sites is 1. The monoisotopic (exact) mass is 479 g/mol. The molecule has 2 unspecified atom stereocenters. The summed E-state index contributed by atoms with van der Waals surface area (Å²) in [5.41, 5.74) is -1.01. The number of nitrogens with one attached hydrogen (secondary N) is 2. The molecule has 10 nitrogen and oxygen atoms in total. The number of phenolic OH excluding ortho intramolecular Hbond substituents is 1. The lowest BCUT2D eigenvalue weighted by atomic mass is 9.94. The fourth-order valence-electron chi connectivity index (χ4n) is 3.23. The van der Waals surface area contributed by atoms with Crippen LogP contribution in [-0.4, -0.2) is 64.7 Å². The number of benzene rings is 1. The van der Waals surface area contributed by atoms with Crippen LogP contribution in [0.2, 0.25) is 0 Å². The lowest BCUT2D eigenvalue weighted by Crippen LogP contribution is -2.58. The molecule has 0 aliphatic carbocycles. The van der Waals surface area contributed by atoms with Gasteiger partial charge in [-0.3, -0.25) is 14.4 Å². The average Bonchev–Trinajstić information content (AvgIpc) is 2.69. The Labute approximate surface area is 201 Å². The minimum atomic E-state index is -1.31. The Morgan fingerprint density at radius 2 is 1.68 bits per heavy atom. The molecule has 1 rings (SSSR count). The van der Waals surface area contributed by atoms with Crippen LogP contribution in [0.15, 0.2) is 18.2 Å². The van der Waals surface area contributed by atoms with Crippen molar-refractivity contribution in [3.63, 3.8) is 0 Å². The van der Waals surface area contributed by atoms with Crippen molar-refractivity contribution in [2.45, 2.75) is 78.6 Å². The molecule has 1 aromatic carbocycles. The summed E-state index contributed by atoms with van der Waals surface area (Å²) in [6.45, 7) is 13.0. The van der Waals surface area contributed by atoms with Crippen molar-refractivity contribution in [2.75, 3.05) is 13.7 Å². The number of methoxy groups -OCH3 is 1. The van der Waals surface area contributed by atoms with E-state index in [0.29, 0.717) is 5.56 Å². The van der Waals surface area contributed by atoms with Gasteiger partial charge in [0.15, 0.2) is 0 Å². The van der Waals surface area contributed by atoms with Crippen molar-refractivity contribution in [2.24, 2.45) is 0 Å². The number of amides is 3. The summed E-state index contributed by atoms with van der Waals surface area (Å²) in [5, 5.41) is 15.7. The second kappa shape index (κ2) is 11.2. The van der Waals surface area contributed by atoms with Crippen LogP contribution in [0.4, 0.5) is 4.79 Å². The minimum absolute atomic E-state index is 0.157. The molecule has 1 aromatic rings. The third-order valence-electron chi connectivity index (χ3n) is 4.77. The predicted molar refractivity (Wildman–Crippen MR) is 126 cm³/mol. The molecule has 0 aliphatic heterocycles. The van der Waals surface area contributed by atoms with Crippen LogP contribution in [0.5, 0.6) is 5.75 Å². The second-order valence-electron chi connectivity index (χ2n) is 9.96. The lowest BCUT2D eigenvalue weighted by molar-refractivity contribution is -0.149. The molecule has 0 saturated heterocycles. The number of carbonyl (C=O) groups excluding carboxylic acids is 4. The Morgan fingerprint density at radius 1 is 1.09 bits per heavy atom. The van der Waals surface area contributed by atoms with E-state index in [0.717, 1.165) is 0 Å². The molecular formula is C24H37N3O7. The molecule has 0 aliphatic rings. The maximum absolute atomic E-state index is 13.6. The number of rotatable bonds is 7. The molecular weight excluding hydrogens is 442 g/mol. The summed E-state index contributed by atoms with van der Waals surface area (Å²) in [6.07, 6.45) is -0.785. The van der Waals surface area contributed by atoms with Gasteiger partial charge < -0.3 is 30.1 Å². The SMILES string of the molecule is COC(=O)CNC(=O)C(c1cccc(C)c1O)N(C(=O)C(C)NC(=O)OC(C)(C)C)C(C)(C)C. The van der Waals surface area contributed by atoms with Gasteiger partial charge in [-0.25, -0.2) is 4.79 Å². The van der Waals surface area contributed by atoms with Gasteiger partial charge in [0.2, 0.25) is 11.8 Å². The molecule has 0 saturated carbocycles. The Morgan fingerprint density at radius 3 is 2.18 bits per heavy atom. The number of hydrogen-bond donors (Lipinski definition) is 3. The Balaban J connectivity index is 3.47. The largest absolute Gasteiger partial charge is 0.507 e. The van der Waals surface area contributed by atoms with Gasteiger partial charge in [-0.15, -0.1) is 0 Å². The van der Waals surface area contributed by atoms with Gasteiger partial charge in [-0.1, -0.05) is 18.2 Å². The highest BCUT2D eigenvalue weighted by Crippen LogP contribution is 2.35. The summed E-state index contributed by atoms with van der Waals surface area (Å²) in [7, 11) is 1.19. The zero-order valence-corrected chi connectivity index (χ0v) is 21.4. The molecule has 0 radical (unpaired) electrons. The topological polar surface area (TPSA) is 134 Å². The number of carbonyl (C=O) groups is 4. The van der Waals surface area contributed by atoms with Crippen LogP contribution in [0.3, 0.4) is 0 Å². The highest BCUT2D eigenvalue weighted by molar-refractivity contribution is 5.94. The maximum atomic E-state index is 13.6. The normalized spacial score (nSPS) is 13.3. The smallest absolute Gasteiger partial charge is 0.408 e. The van der Waals surface area contributed by atoms with Crippen molar-refractivity contribution < 1.29 is 33.8 Å². The van der Waals surface area contributed by atoms with Gasteiger partial charge in [-0.05, 0) is 61.0 Å². The number of esters is 1. The lowest BCUT2D eigenvalue weighted by Gasteiger charge is -2.42. The van der Waals surface area contributed by atoms with Gasteiger partial charge >= 0.3 is 12.1 Å². The number of hydrogen-bond acceptors (Lipinski definition) is 7. The highest BCUT2D eigenvalue weighted by Gasteiger charge is 2.42. The number of phenols is 1. The van der Waals surface area contributed by atoms with Crippen LogP contribution in [0.25, 0.3) is 0 Å². The summed E-state index contributed by atoms with van der Waals surface area (Å²) >= 11 is 0. The number of aryl methyl sites for hydroxylation is 1. The molecule has 190 valence electrons. The van der Waals surface area contributed by atoms with Crippen molar-refractivity contribution in [3.05, 3.63) is 29.3 Å². The van der Waals surface area contributed by atoms with Gasteiger partial charge in [0, 0.05) is 11.1 Å². The number of aromatic hydroxyl groups is 1. The third-order valence-corrected chi connectivity index (χ3v) is 4.77. The van der Waals surface area contributed by atoms with Crippen LogP contribution >= 0.6 is 0 Å². The van der Waals surface area contributed by atoms with E-state index in [1.54, 1.807) is 60.6 Å². The van der Waals surface area contributed by atoms with E-state index in [9.17, 15) is 24.3 Å². The molecule has 3 amide bonds. The maximum Gasteiger partial charge on any atom is 0.408 e. The van der Waals surface area contributed by atoms with Gasteiger partial charge in [-0.2, -0.15) is 0 Å². The van der Waals surface area contributed by atoms with Crippen molar-refractivity contribution in [1.82, 2.24) is 15.5 Å². The van der Waals surface area contributed by atoms with E-state index >= 15 is 0 Å².